The van der Waals surface area contributed by atoms with Gasteiger partial charge in [0, 0.05) is 31.3 Å². The Morgan fingerprint density at radius 1 is 1.18 bits per heavy atom. The van der Waals surface area contributed by atoms with Gasteiger partial charge in [-0.3, -0.25) is 14.3 Å². The number of aryl methyl sites for hydroxylation is 2. The summed E-state index contributed by atoms with van der Waals surface area (Å²) in [4.78, 5) is 26.8. The largest absolute Gasteiger partial charge is 0.467 e. The predicted octanol–water partition coefficient (Wildman–Crippen LogP) is 3.53. The summed E-state index contributed by atoms with van der Waals surface area (Å²) in [5.74, 6) is 0.568. The minimum absolute atomic E-state index is 0.00496. The van der Waals surface area contributed by atoms with Crippen molar-refractivity contribution in [3.05, 3.63) is 76.5 Å². The van der Waals surface area contributed by atoms with Gasteiger partial charge in [0.05, 0.1) is 37.5 Å². The molecule has 2 aromatic heterocycles. The topological polar surface area (TPSA) is 104 Å². The Morgan fingerprint density at radius 2 is 1.94 bits per heavy atom. The van der Waals surface area contributed by atoms with Crippen molar-refractivity contribution in [2.45, 2.75) is 52.7 Å². The molecule has 8 heteroatoms. The average Bonchev–Trinajstić information content (AvgIpc) is 3.43. The minimum atomic E-state index is -0.147. The lowest BCUT2D eigenvalue weighted by atomic mass is 10.1. The molecule has 0 saturated heterocycles. The van der Waals surface area contributed by atoms with Gasteiger partial charge in [0.1, 0.15) is 5.76 Å². The zero-order valence-corrected chi connectivity index (χ0v) is 19.3. The minimum Gasteiger partial charge on any atom is -0.467 e. The maximum atomic E-state index is 13.2. The van der Waals surface area contributed by atoms with Crippen LogP contribution in [0.2, 0.25) is 0 Å². The van der Waals surface area contributed by atoms with Crippen LogP contribution in [0.3, 0.4) is 0 Å². The Balaban J connectivity index is 1.72. The van der Waals surface area contributed by atoms with Crippen LogP contribution in [-0.4, -0.2) is 33.5 Å². The highest BCUT2D eigenvalue weighted by Crippen LogP contribution is 2.18. The number of nitriles is 1. The molecular weight excluding hydrogens is 418 g/mol. The summed E-state index contributed by atoms with van der Waals surface area (Å²) in [6.45, 7) is 5.24. The molecule has 0 spiro atoms. The van der Waals surface area contributed by atoms with Crippen LogP contribution in [0.4, 0.5) is 0 Å². The number of carbonyl (C=O) groups is 2. The third-order valence-corrected chi connectivity index (χ3v) is 5.65. The van der Waals surface area contributed by atoms with Gasteiger partial charge < -0.3 is 14.6 Å². The molecule has 172 valence electrons. The smallest absolute Gasteiger partial charge is 0.251 e. The average molecular weight is 448 g/mol. The molecule has 0 aliphatic heterocycles. The number of rotatable bonds is 10. The molecule has 1 N–H and O–H groups in total. The van der Waals surface area contributed by atoms with Crippen molar-refractivity contribution in [3.63, 3.8) is 0 Å². The van der Waals surface area contributed by atoms with Crippen LogP contribution in [0.25, 0.3) is 0 Å². The second-order valence-corrected chi connectivity index (χ2v) is 7.89. The van der Waals surface area contributed by atoms with Crippen molar-refractivity contribution in [2.75, 3.05) is 7.05 Å². The number of hydrogen-bond acceptors (Lipinski definition) is 5. The summed E-state index contributed by atoms with van der Waals surface area (Å²) in [6, 6.07) is 13.0. The molecule has 0 bridgehead atoms. The summed E-state index contributed by atoms with van der Waals surface area (Å²) in [5, 5.41) is 16.0. The Morgan fingerprint density at radius 3 is 2.58 bits per heavy atom. The van der Waals surface area contributed by atoms with E-state index in [1.165, 1.54) is 0 Å². The molecule has 8 nitrogen and oxygen atoms in total. The van der Waals surface area contributed by atoms with Crippen LogP contribution in [0, 0.1) is 25.2 Å². The quantitative estimate of drug-likeness (QED) is 0.512. The van der Waals surface area contributed by atoms with Crippen molar-refractivity contribution >= 4 is 11.8 Å². The molecule has 3 rings (SSSR count). The lowest BCUT2D eigenvalue weighted by Crippen LogP contribution is -2.30. The van der Waals surface area contributed by atoms with E-state index in [2.05, 4.69) is 16.5 Å². The number of amides is 2. The fraction of sp³-hybridized carbons (Fsp3) is 0.360. The molecular formula is C25H29N5O3. The zero-order chi connectivity index (χ0) is 23.8. The van der Waals surface area contributed by atoms with Crippen LogP contribution in [0.5, 0.6) is 0 Å². The lowest BCUT2D eigenvalue weighted by molar-refractivity contribution is -0.132. The highest BCUT2D eigenvalue weighted by atomic mass is 16.3. The Kier molecular flexibility index (Phi) is 8.03. The molecule has 0 radical (unpaired) electrons. The van der Waals surface area contributed by atoms with Crippen LogP contribution >= 0.6 is 0 Å². The van der Waals surface area contributed by atoms with Crippen LogP contribution < -0.4 is 5.32 Å². The van der Waals surface area contributed by atoms with Gasteiger partial charge in [0.25, 0.3) is 5.91 Å². The Labute approximate surface area is 193 Å². The first kappa shape index (κ1) is 23.8. The zero-order valence-electron chi connectivity index (χ0n) is 19.3. The van der Waals surface area contributed by atoms with Gasteiger partial charge in [-0.2, -0.15) is 10.4 Å². The molecule has 0 unspecified atom stereocenters. The van der Waals surface area contributed by atoms with E-state index in [1.54, 1.807) is 36.4 Å². The van der Waals surface area contributed by atoms with E-state index >= 15 is 0 Å². The van der Waals surface area contributed by atoms with Crippen molar-refractivity contribution < 1.29 is 14.0 Å². The van der Waals surface area contributed by atoms with E-state index in [9.17, 15) is 9.59 Å². The van der Waals surface area contributed by atoms with Crippen molar-refractivity contribution in [2.24, 2.45) is 0 Å². The first-order chi connectivity index (χ1) is 15.9. The second-order valence-electron chi connectivity index (χ2n) is 7.89. The fourth-order valence-electron chi connectivity index (χ4n) is 3.81. The predicted molar refractivity (Wildman–Crippen MR) is 123 cm³/mol. The molecule has 2 amide bonds. The fourth-order valence-corrected chi connectivity index (χ4v) is 3.81. The first-order valence-corrected chi connectivity index (χ1v) is 10.9. The van der Waals surface area contributed by atoms with Gasteiger partial charge in [-0.05, 0) is 55.7 Å². The third kappa shape index (κ3) is 6.10. The van der Waals surface area contributed by atoms with E-state index in [0.29, 0.717) is 50.2 Å². The highest BCUT2D eigenvalue weighted by Gasteiger charge is 2.19. The number of furan rings is 1. The maximum Gasteiger partial charge on any atom is 0.251 e. The van der Waals surface area contributed by atoms with Crippen molar-refractivity contribution in [1.29, 1.82) is 5.26 Å². The van der Waals surface area contributed by atoms with Crippen molar-refractivity contribution in [3.8, 4) is 6.07 Å². The number of aromatic nitrogens is 2. The summed E-state index contributed by atoms with van der Waals surface area (Å²) < 4.78 is 7.31. The summed E-state index contributed by atoms with van der Waals surface area (Å²) in [6.07, 6.45) is 2.91. The third-order valence-electron chi connectivity index (χ3n) is 5.65. The molecule has 0 fully saturated rings. The molecule has 0 aliphatic carbocycles. The molecule has 3 aromatic rings. The first-order valence-electron chi connectivity index (χ1n) is 10.9. The number of carbonyl (C=O) groups excluding carboxylic acids is 2. The van der Waals surface area contributed by atoms with Gasteiger partial charge in [0.15, 0.2) is 0 Å². The van der Waals surface area contributed by atoms with E-state index in [0.717, 1.165) is 22.5 Å². The SMILES string of the molecule is CNC(=O)c1ccc(CN(Cc2ccco2)C(=O)CCc2c(C)nn(CCC#N)c2C)cc1. The summed E-state index contributed by atoms with van der Waals surface area (Å²) in [7, 11) is 1.59. The van der Waals surface area contributed by atoms with E-state index in [1.807, 2.05) is 36.7 Å². The van der Waals surface area contributed by atoms with Gasteiger partial charge in [0.2, 0.25) is 5.91 Å². The van der Waals surface area contributed by atoms with E-state index < -0.39 is 0 Å². The molecule has 0 saturated carbocycles. The molecule has 0 atom stereocenters. The molecule has 0 aliphatic rings. The van der Waals surface area contributed by atoms with Crippen LogP contribution in [0.1, 0.15) is 51.5 Å². The Bertz CT molecular complexity index is 1120. The summed E-state index contributed by atoms with van der Waals surface area (Å²) >= 11 is 0. The molecule has 33 heavy (non-hydrogen) atoms. The van der Waals surface area contributed by atoms with Gasteiger partial charge in [-0.1, -0.05) is 12.1 Å². The highest BCUT2D eigenvalue weighted by molar-refractivity contribution is 5.93. The van der Waals surface area contributed by atoms with Gasteiger partial charge in [-0.25, -0.2) is 0 Å². The maximum absolute atomic E-state index is 13.2. The number of nitrogens with zero attached hydrogens (tertiary/aromatic N) is 4. The number of hydrogen-bond donors (Lipinski definition) is 1. The van der Waals surface area contributed by atoms with Crippen LogP contribution in [-0.2, 0) is 30.8 Å². The summed E-state index contributed by atoms with van der Waals surface area (Å²) in [5.41, 5.74) is 4.44. The van der Waals surface area contributed by atoms with E-state index in [4.69, 9.17) is 9.68 Å². The lowest BCUT2D eigenvalue weighted by Gasteiger charge is -2.22. The van der Waals surface area contributed by atoms with Gasteiger partial charge >= 0.3 is 0 Å². The number of benzene rings is 1. The molecule has 1 aromatic carbocycles. The monoisotopic (exact) mass is 447 g/mol. The molecule has 2 heterocycles. The van der Waals surface area contributed by atoms with Gasteiger partial charge in [-0.15, -0.1) is 0 Å². The standard InChI is InChI=1S/C25H29N5O3/c1-18-23(19(2)30(28-18)14-5-13-26)11-12-24(31)29(17-22-6-4-15-33-22)16-20-7-9-21(10-8-20)25(32)27-3/h4,6-10,15H,5,11-12,14,16-17H2,1-3H3,(H,27,32). The van der Waals surface area contributed by atoms with E-state index in [-0.39, 0.29) is 11.8 Å². The normalized spacial score (nSPS) is 10.6. The van der Waals surface area contributed by atoms with Crippen molar-refractivity contribution in [1.82, 2.24) is 20.0 Å². The second kappa shape index (κ2) is 11.1. The van der Waals surface area contributed by atoms with Crippen LogP contribution in [0.15, 0.2) is 47.1 Å². The Hall–Kier alpha value is -3.86. The number of nitrogens with one attached hydrogen (secondary N) is 1.